The lowest BCUT2D eigenvalue weighted by molar-refractivity contribution is -0.00382. The van der Waals surface area contributed by atoms with Gasteiger partial charge in [-0.25, -0.2) is 0 Å². The van der Waals surface area contributed by atoms with Gasteiger partial charge in [0.05, 0.1) is 13.2 Å². The van der Waals surface area contributed by atoms with Crippen molar-refractivity contribution < 1.29 is 14.9 Å². The molecular formula is C20H42O3. The van der Waals surface area contributed by atoms with E-state index in [1.165, 1.54) is 83.5 Å². The van der Waals surface area contributed by atoms with Crippen molar-refractivity contribution in [1.82, 2.24) is 0 Å². The minimum atomic E-state index is -0.728. The number of aliphatic hydroxyl groups is 2. The molecule has 0 radical (unpaired) electrons. The van der Waals surface area contributed by atoms with Gasteiger partial charge in [0, 0.05) is 6.61 Å². The zero-order chi connectivity index (χ0) is 17.2. The first-order valence-corrected chi connectivity index (χ1v) is 10.1. The normalized spacial score (nSPS) is 14.1. The Kier molecular flexibility index (Phi) is 18.1. The molecule has 0 heterocycles. The Morgan fingerprint density at radius 2 is 1.22 bits per heavy atom. The van der Waals surface area contributed by atoms with Gasteiger partial charge in [-0.05, 0) is 12.3 Å². The predicted molar refractivity (Wildman–Crippen MR) is 98.8 cm³/mol. The average molecular weight is 331 g/mol. The molecule has 2 N–H and O–H groups in total. The molecule has 2 atom stereocenters. The van der Waals surface area contributed by atoms with Gasteiger partial charge in [-0.15, -0.1) is 0 Å². The monoisotopic (exact) mass is 330 g/mol. The van der Waals surface area contributed by atoms with Crippen LogP contribution in [0, 0.1) is 5.92 Å². The minimum Gasteiger partial charge on any atom is -0.394 e. The molecule has 0 aromatic carbocycles. The van der Waals surface area contributed by atoms with Crippen molar-refractivity contribution >= 4 is 0 Å². The van der Waals surface area contributed by atoms with E-state index in [9.17, 15) is 5.11 Å². The van der Waals surface area contributed by atoms with Crippen LogP contribution in [0.3, 0.4) is 0 Å². The van der Waals surface area contributed by atoms with E-state index in [1.807, 2.05) is 0 Å². The standard InChI is InChI=1S/C20H42O3/c1-3-4-5-6-7-8-9-10-11-12-13-14-15-19(2)17-23-18-20(22)16-21/h19-22H,3-18H2,1-2H3/t19?,20-/m0/s1. The number of hydrogen-bond donors (Lipinski definition) is 2. The smallest absolute Gasteiger partial charge is 0.100 e. The summed E-state index contributed by atoms with van der Waals surface area (Å²) in [5.41, 5.74) is 0. The van der Waals surface area contributed by atoms with Gasteiger partial charge in [-0.2, -0.15) is 0 Å². The maximum absolute atomic E-state index is 9.18. The molecule has 0 amide bonds. The van der Waals surface area contributed by atoms with Crippen molar-refractivity contribution in [2.75, 3.05) is 19.8 Å². The lowest BCUT2D eigenvalue weighted by Gasteiger charge is -2.13. The van der Waals surface area contributed by atoms with Gasteiger partial charge in [-0.1, -0.05) is 90.9 Å². The zero-order valence-electron chi connectivity index (χ0n) is 15.8. The number of hydrogen-bond acceptors (Lipinski definition) is 3. The topological polar surface area (TPSA) is 49.7 Å². The number of rotatable bonds is 18. The Labute approximate surface area is 144 Å². The van der Waals surface area contributed by atoms with Crippen molar-refractivity contribution in [3.05, 3.63) is 0 Å². The Bertz CT molecular complexity index is 221. The van der Waals surface area contributed by atoms with E-state index in [4.69, 9.17) is 9.84 Å². The first-order valence-electron chi connectivity index (χ1n) is 10.1. The van der Waals surface area contributed by atoms with E-state index in [1.54, 1.807) is 0 Å². The third kappa shape index (κ3) is 18.1. The molecule has 0 bridgehead atoms. The second-order valence-electron chi connectivity index (χ2n) is 7.16. The highest BCUT2D eigenvalue weighted by atomic mass is 16.5. The van der Waals surface area contributed by atoms with Crippen molar-refractivity contribution in [3.63, 3.8) is 0 Å². The summed E-state index contributed by atoms with van der Waals surface area (Å²) in [5, 5.41) is 17.9. The molecule has 0 rings (SSSR count). The highest BCUT2D eigenvalue weighted by Gasteiger charge is 2.05. The van der Waals surface area contributed by atoms with Crippen LogP contribution in [-0.4, -0.2) is 36.1 Å². The summed E-state index contributed by atoms with van der Waals surface area (Å²) in [5.74, 6) is 0.545. The Hall–Kier alpha value is -0.120. The van der Waals surface area contributed by atoms with Crippen LogP contribution in [0.4, 0.5) is 0 Å². The second kappa shape index (κ2) is 18.2. The lowest BCUT2D eigenvalue weighted by Crippen LogP contribution is -2.21. The fraction of sp³-hybridized carbons (Fsp3) is 1.00. The van der Waals surface area contributed by atoms with Crippen molar-refractivity contribution in [1.29, 1.82) is 0 Å². The molecule has 0 aliphatic heterocycles. The molecule has 1 unspecified atom stereocenters. The van der Waals surface area contributed by atoms with Gasteiger partial charge >= 0.3 is 0 Å². The van der Waals surface area contributed by atoms with E-state index in [0.717, 1.165) is 0 Å². The van der Waals surface area contributed by atoms with Gasteiger partial charge in [0.15, 0.2) is 0 Å². The van der Waals surface area contributed by atoms with Crippen LogP contribution in [0.15, 0.2) is 0 Å². The number of unbranched alkanes of at least 4 members (excludes halogenated alkanes) is 11. The SMILES string of the molecule is CCCCCCCCCCCCCCC(C)COC[C@@H](O)CO. The third-order valence-electron chi connectivity index (χ3n) is 4.47. The summed E-state index contributed by atoms with van der Waals surface area (Å²) < 4.78 is 5.40. The van der Waals surface area contributed by atoms with E-state index < -0.39 is 6.10 Å². The van der Waals surface area contributed by atoms with Crippen LogP contribution in [0.1, 0.15) is 97.3 Å². The van der Waals surface area contributed by atoms with Gasteiger partial charge in [0.2, 0.25) is 0 Å². The first kappa shape index (κ1) is 22.9. The van der Waals surface area contributed by atoms with Crippen LogP contribution in [0.5, 0.6) is 0 Å². The lowest BCUT2D eigenvalue weighted by atomic mass is 10.0. The van der Waals surface area contributed by atoms with Crippen LogP contribution in [0.25, 0.3) is 0 Å². The van der Waals surface area contributed by atoms with E-state index in [2.05, 4.69) is 13.8 Å². The van der Waals surface area contributed by atoms with E-state index in [0.29, 0.717) is 12.5 Å². The molecule has 0 aliphatic rings. The van der Waals surface area contributed by atoms with Gasteiger partial charge in [-0.3, -0.25) is 0 Å². The first-order chi connectivity index (χ1) is 11.2. The minimum absolute atomic E-state index is 0.215. The molecule has 3 nitrogen and oxygen atoms in total. The fourth-order valence-electron chi connectivity index (χ4n) is 2.88. The third-order valence-corrected chi connectivity index (χ3v) is 4.47. The van der Waals surface area contributed by atoms with E-state index in [-0.39, 0.29) is 13.2 Å². The Morgan fingerprint density at radius 3 is 1.70 bits per heavy atom. The second-order valence-corrected chi connectivity index (χ2v) is 7.16. The highest BCUT2D eigenvalue weighted by Crippen LogP contribution is 2.14. The van der Waals surface area contributed by atoms with Gasteiger partial charge < -0.3 is 14.9 Å². The summed E-state index contributed by atoms with van der Waals surface area (Å²) in [7, 11) is 0. The summed E-state index contributed by atoms with van der Waals surface area (Å²) in [6, 6.07) is 0. The molecule has 0 aliphatic carbocycles. The number of aliphatic hydroxyl groups excluding tert-OH is 2. The molecule has 23 heavy (non-hydrogen) atoms. The molecule has 0 aromatic heterocycles. The van der Waals surface area contributed by atoms with Crippen molar-refractivity contribution in [2.24, 2.45) is 5.92 Å². The highest BCUT2D eigenvalue weighted by molar-refractivity contribution is 4.55. The van der Waals surface area contributed by atoms with Gasteiger partial charge in [0.25, 0.3) is 0 Å². The summed E-state index contributed by atoms with van der Waals surface area (Å²) in [6.45, 7) is 5.20. The molecular weight excluding hydrogens is 288 g/mol. The molecule has 0 aromatic rings. The van der Waals surface area contributed by atoms with Crippen molar-refractivity contribution in [3.8, 4) is 0 Å². The largest absolute Gasteiger partial charge is 0.394 e. The Morgan fingerprint density at radius 1 is 0.739 bits per heavy atom. The summed E-state index contributed by atoms with van der Waals surface area (Å²) in [6.07, 6.45) is 17.1. The molecule has 0 spiro atoms. The van der Waals surface area contributed by atoms with Gasteiger partial charge in [0.1, 0.15) is 6.10 Å². The zero-order valence-corrected chi connectivity index (χ0v) is 15.8. The van der Waals surface area contributed by atoms with Crippen LogP contribution in [0.2, 0.25) is 0 Å². The quantitative estimate of drug-likeness (QED) is 0.344. The van der Waals surface area contributed by atoms with E-state index >= 15 is 0 Å². The Balaban J connectivity index is 3.14. The maximum Gasteiger partial charge on any atom is 0.100 e. The fourth-order valence-corrected chi connectivity index (χ4v) is 2.88. The summed E-state index contributed by atoms with van der Waals surface area (Å²) >= 11 is 0. The molecule has 0 saturated heterocycles. The van der Waals surface area contributed by atoms with Crippen molar-refractivity contribution in [2.45, 2.75) is 103 Å². The molecule has 3 heteroatoms. The van der Waals surface area contributed by atoms with Crippen LogP contribution in [-0.2, 0) is 4.74 Å². The average Bonchev–Trinajstić information content (AvgIpc) is 2.55. The predicted octanol–water partition coefficient (Wildman–Crippen LogP) is 5.08. The van der Waals surface area contributed by atoms with Crippen LogP contribution >= 0.6 is 0 Å². The number of ether oxygens (including phenoxy) is 1. The summed E-state index contributed by atoms with van der Waals surface area (Å²) in [4.78, 5) is 0. The molecule has 0 saturated carbocycles. The maximum atomic E-state index is 9.18. The van der Waals surface area contributed by atoms with Crippen LogP contribution < -0.4 is 0 Å². The molecule has 140 valence electrons. The molecule has 0 fully saturated rings.